The Morgan fingerprint density at radius 3 is 0.895 bits per heavy atom. The van der Waals surface area contributed by atoms with Crippen LogP contribution in [0.3, 0.4) is 0 Å². The van der Waals surface area contributed by atoms with Gasteiger partial charge in [-0.1, -0.05) is 152 Å². The molecule has 0 saturated carbocycles. The molecule has 3 nitrogen and oxygen atoms in total. The number of hydrogen-bond acceptors (Lipinski definition) is 3. The van der Waals surface area contributed by atoms with Gasteiger partial charge in [-0.05, 0) is 12.8 Å². The molecule has 0 aromatic heterocycles. The molecule has 0 rings (SSSR count). The number of carbonyl (C=O) groups excluding carboxylic acids is 1. The first-order valence-electron chi connectivity index (χ1n) is 15.7. The molecule has 9 heteroatoms. The van der Waals surface area contributed by atoms with Crippen molar-refractivity contribution in [2.45, 2.75) is 165 Å². The van der Waals surface area contributed by atoms with Crippen LogP contribution in [0.25, 0.3) is 0 Å². The summed E-state index contributed by atoms with van der Waals surface area (Å²) in [6, 6.07) is 14.3. The van der Waals surface area contributed by atoms with E-state index in [1.54, 1.807) is 0 Å². The predicted molar refractivity (Wildman–Crippen MR) is 191 cm³/mol. The third-order valence-electron chi connectivity index (χ3n) is 8.50. The van der Waals surface area contributed by atoms with Gasteiger partial charge in [-0.15, -0.1) is 0 Å². The van der Waals surface area contributed by atoms with Crippen LogP contribution in [0.2, 0.25) is 152 Å². The molecule has 0 aliphatic carbocycles. The highest BCUT2D eigenvalue weighted by atomic mass is 28.3. The Bertz CT molecular complexity index is 623. The molecule has 0 aliphatic heterocycles. The van der Waals surface area contributed by atoms with Crippen molar-refractivity contribution in [2.24, 2.45) is 0 Å². The van der Waals surface area contributed by atoms with Crippen LogP contribution in [0.1, 0.15) is 12.8 Å². The predicted octanol–water partition coefficient (Wildman–Crippen LogP) is 11.4. The smallest absolute Gasteiger partial charge is 0.434 e. The van der Waals surface area contributed by atoms with Gasteiger partial charge < -0.3 is 9.47 Å². The maximum Gasteiger partial charge on any atom is 0.508 e. The van der Waals surface area contributed by atoms with Crippen molar-refractivity contribution in [2.75, 3.05) is 13.2 Å². The number of carbonyl (C=O) groups is 1. The van der Waals surface area contributed by atoms with Gasteiger partial charge in [-0.3, -0.25) is 0 Å². The number of ether oxygens (including phenoxy) is 2. The fourth-order valence-corrected chi connectivity index (χ4v) is 30.2. The van der Waals surface area contributed by atoms with E-state index in [2.05, 4.69) is 91.7 Å². The fourth-order valence-electron chi connectivity index (χ4n) is 4.73. The summed E-state index contributed by atoms with van der Waals surface area (Å²) in [6.07, 6.45) is 1.52. The van der Waals surface area contributed by atoms with Gasteiger partial charge in [0.2, 0.25) is 0 Å². The summed E-state index contributed by atoms with van der Waals surface area (Å²) in [5.74, 6) is 0. The van der Waals surface area contributed by atoms with Crippen LogP contribution in [-0.2, 0) is 9.47 Å². The van der Waals surface area contributed by atoms with Gasteiger partial charge in [0.15, 0.2) is 0 Å². The summed E-state index contributed by atoms with van der Waals surface area (Å²) in [7, 11) is -6.46. The van der Waals surface area contributed by atoms with Crippen molar-refractivity contribution < 1.29 is 14.3 Å². The summed E-state index contributed by atoms with van der Waals surface area (Å²) in [5, 5.41) is 0. The molecule has 0 amide bonds. The third kappa shape index (κ3) is 23.3. The third-order valence-corrected chi connectivity index (χ3v) is 27.0. The fraction of sp³-hybridized carbons (Fsp3) is 0.966. The lowest BCUT2D eigenvalue weighted by Crippen LogP contribution is -2.34. The molecule has 38 heavy (non-hydrogen) atoms. The van der Waals surface area contributed by atoms with Crippen molar-refractivity contribution in [3.05, 3.63) is 0 Å². The quantitative estimate of drug-likeness (QED) is 0.0759. The zero-order valence-electron chi connectivity index (χ0n) is 28.6. The molecule has 0 unspecified atom stereocenters. The van der Waals surface area contributed by atoms with Gasteiger partial charge >= 0.3 is 6.16 Å². The molecule has 0 radical (unpaired) electrons. The molecule has 0 spiro atoms. The highest BCUT2D eigenvalue weighted by Gasteiger charge is 2.30. The Hall–Kier alpha value is 0.571. The van der Waals surface area contributed by atoms with Gasteiger partial charge in [-0.2, -0.15) is 0 Å². The van der Waals surface area contributed by atoms with E-state index in [-0.39, 0.29) is 0 Å². The van der Waals surface area contributed by atoms with Crippen molar-refractivity contribution in [3.63, 3.8) is 0 Å². The average Bonchev–Trinajstić information content (AvgIpc) is 2.74. The summed E-state index contributed by atoms with van der Waals surface area (Å²) in [4.78, 5) is 12.1. The second-order valence-corrected chi connectivity index (χ2v) is 50.5. The number of hydrogen-bond donors (Lipinski definition) is 0. The first-order chi connectivity index (χ1) is 16.9. The first kappa shape index (κ1) is 38.6. The van der Waals surface area contributed by atoms with Crippen LogP contribution < -0.4 is 0 Å². The topological polar surface area (TPSA) is 35.5 Å². The SMILES string of the molecule is C[Si](C)(C)CC[Si](C)(C)CC[Si](C)(C)CCCOC(=O)OCCC[Si](C)(C)CC[Si](C)(C)CC[Si](C)(C)C. The normalized spacial score (nSPS) is 14.1. The lowest BCUT2D eigenvalue weighted by molar-refractivity contribution is 0.0553. The minimum atomic E-state index is -1.23. The summed E-state index contributed by atoms with van der Waals surface area (Å²) >= 11 is 0. The first-order valence-corrected chi connectivity index (χ1v) is 36.8. The van der Waals surface area contributed by atoms with E-state index in [9.17, 15) is 4.79 Å². The molecule has 0 heterocycles. The van der Waals surface area contributed by atoms with Gasteiger partial charge in [0.1, 0.15) is 0 Å². The molecule has 0 aromatic rings. The zero-order valence-corrected chi connectivity index (χ0v) is 34.6. The van der Waals surface area contributed by atoms with Gasteiger partial charge in [0.05, 0.1) is 13.2 Å². The van der Waals surface area contributed by atoms with Gasteiger partial charge in [0, 0.05) is 48.4 Å². The van der Waals surface area contributed by atoms with Gasteiger partial charge in [-0.25, -0.2) is 4.79 Å². The Balaban J connectivity index is 4.12. The standard InChI is InChI=1S/C29H70O3Si6/c1-33(2,3)21-23-37(11,12)27-25-35(7,8)19-15-17-31-29(30)32-18-16-20-36(9,10)26-28-38(13,14)24-22-34(4,5)6/h15-28H2,1-14H3. The van der Waals surface area contributed by atoms with E-state index >= 15 is 0 Å². The molecular weight excluding hydrogens is 565 g/mol. The van der Waals surface area contributed by atoms with Crippen molar-refractivity contribution >= 4 is 54.6 Å². The monoisotopic (exact) mass is 634 g/mol. The van der Waals surface area contributed by atoms with E-state index in [1.165, 1.54) is 60.4 Å². The van der Waals surface area contributed by atoms with E-state index in [1.807, 2.05) is 0 Å². The lowest BCUT2D eigenvalue weighted by Gasteiger charge is -2.30. The molecule has 0 aliphatic rings. The molecule has 0 bridgehead atoms. The molecular formula is C29H70O3Si6. The largest absolute Gasteiger partial charge is 0.508 e. The summed E-state index contributed by atoms with van der Waals surface area (Å²) in [6.45, 7) is 36.5. The minimum Gasteiger partial charge on any atom is -0.434 e. The summed E-state index contributed by atoms with van der Waals surface area (Å²) in [5.41, 5.74) is 0. The van der Waals surface area contributed by atoms with E-state index in [0.29, 0.717) is 13.2 Å². The Kier molecular flexibility index (Phi) is 16.5. The maximum atomic E-state index is 12.1. The minimum absolute atomic E-state index is 0.455. The molecule has 0 saturated heterocycles. The second kappa shape index (κ2) is 16.3. The number of rotatable bonds is 20. The molecule has 228 valence electrons. The van der Waals surface area contributed by atoms with E-state index in [0.717, 1.165) is 12.8 Å². The molecule has 0 aromatic carbocycles. The Morgan fingerprint density at radius 2 is 0.632 bits per heavy atom. The summed E-state index contributed by atoms with van der Waals surface area (Å²) < 4.78 is 10.9. The van der Waals surface area contributed by atoms with Crippen LogP contribution in [0, 0.1) is 0 Å². The molecule has 0 N–H and O–H groups in total. The van der Waals surface area contributed by atoms with Crippen molar-refractivity contribution in [3.8, 4) is 0 Å². The second-order valence-electron chi connectivity index (χ2n) is 17.9. The van der Waals surface area contributed by atoms with Crippen LogP contribution in [0.15, 0.2) is 0 Å². The average molecular weight is 635 g/mol. The van der Waals surface area contributed by atoms with Crippen LogP contribution >= 0.6 is 0 Å². The molecule has 0 atom stereocenters. The highest BCUT2D eigenvalue weighted by Crippen LogP contribution is 2.31. The van der Waals surface area contributed by atoms with E-state index in [4.69, 9.17) is 9.47 Å². The van der Waals surface area contributed by atoms with Crippen LogP contribution in [0.4, 0.5) is 4.79 Å². The Labute approximate surface area is 246 Å². The van der Waals surface area contributed by atoms with Crippen molar-refractivity contribution in [1.82, 2.24) is 0 Å². The van der Waals surface area contributed by atoms with Gasteiger partial charge in [0.25, 0.3) is 0 Å². The highest BCUT2D eigenvalue weighted by molar-refractivity contribution is 6.85. The van der Waals surface area contributed by atoms with Crippen molar-refractivity contribution in [1.29, 1.82) is 0 Å². The zero-order chi connectivity index (χ0) is 29.9. The lowest BCUT2D eigenvalue weighted by atomic mass is 10.5. The molecule has 0 fully saturated rings. The Morgan fingerprint density at radius 1 is 0.395 bits per heavy atom. The van der Waals surface area contributed by atoms with E-state index < -0.39 is 54.6 Å². The van der Waals surface area contributed by atoms with Crippen LogP contribution in [0.5, 0.6) is 0 Å². The van der Waals surface area contributed by atoms with Crippen LogP contribution in [-0.4, -0.2) is 67.8 Å². The maximum absolute atomic E-state index is 12.1.